The van der Waals surface area contributed by atoms with Crippen LogP contribution in [0.4, 0.5) is 10.1 Å². The molecule has 0 saturated heterocycles. The Hall–Kier alpha value is -4.66. The summed E-state index contributed by atoms with van der Waals surface area (Å²) in [4.78, 5) is 17.7. The Kier molecular flexibility index (Phi) is 7.77. The summed E-state index contributed by atoms with van der Waals surface area (Å²) in [5, 5.41) is 6.98. The summed E-state index contributed by atoms with van der Waals surface area (Å²) in [6.45, 7) is 4.76. The van der Waals surface area contributed by atoms with E-state index in [4.69, 9.17) is 9.98 Å². The lowest BCUT2D eigenvalue weighted by Gasteiger charge is -2.31. The van der Waals surface area contributed by atoms with Crippen LogP contribution in [0.1, 0.15) is 33.6 Å². The Balaban J connectivity index is 1.16. The molecule has 4 heterocycles. The third kappa shape index (κ3) is 5.66. The van der Waals surface area contributed by atoms with Crippen molar-refractivity contribution in [2.45, 2.75) is 26.4 Å². The smallest absolute Gasteiger partial charge is 0.176 e. The Morgan fingerprint density at radius 1 is 0.977 bits per heavy atom. The zero-order valence-corrected chi connectivity index (χ0v) is 25.6. The lowest BCUT2D eigenvalue weighted by Crippen LogP contribution is -2.39. The molecule has 2 aromatic carbocycles. The summed E-state index contributed by atoms with van der Waals surface area (Å²) < 4.78 is 13.9. The largest absolute Gasteiger partial charge is 0.354 e. The van der Waals surface area contributed by atoms with E-state index in [0.717, 1.165) is 80.7 Å². The van der Waals surface area contributed by atoms with Gasteiger partial charge in [0.15, 0.2) is 11.0 Å². The zero-order chi connectivity index (χ0) is 30.0. The van der Waals surface area contributed by atoms with Crippen LogP contribution in [0.15, 0.2) is 113 Å². The zero-order valence-electron chi connectivity index (χ0n) is 24.8. The summed E-state index contributed by atoms with van der Waals surface area (Å²) in [6.07, 6.45) is 10.8. The second-order valence-corrected chi connectivity index (χ2v) is 12.3. The predicted molar refractivity (Wildman–Crippen MR) is 180 cm³/mol. The number of aromatic nitrogens is 1. The fourth-order valence-corrected chi connectivity index (χ4v) is 6.85. The van der Waals surface area contributed by atoms with Crippen molar-refractivity contribution in [2.24, 2.45) is 9.98 Å². The van der Waals surface area contributed by atoms with Gasteiger partial charge in [0.1, 0.15) is 12.4 Å². The van der Waals surface area contributed by atoms with Gasteiger partial charge in [-0.25, -0.2) is 0 Å². The molecule has 220 valence electrons. The number of hydrogen-bond acceptors (Lipinski definition) is 7. The lowest BCUT2D eigenvalue weighted by atomic mass is 9.93. The predicted octanol–water partition coefficient (Wildman–Crippen LogP) is 7.04. The first-order chi connectivity index (χ1) is 21.5. The van der Waals surface area contributed by atoms with Gasteiger partial charge >= 0.3 is 0 Å². The van der Waals surface area contributed by atoms with E-state index >= 15 is 0 Å². The summed E-state index contributed by atoms with van der Waals surface area (Å²) in [5.74, 6) is 0.777. The number of hydrogen-bond donors (Lipinski definition) is 2. The summed E-state index contributed by atoms with van der Waals surface area (Å²) >= 11 is 1.17. The summed E-state index contributed by atoms with van der Waals surface area (Å²) in [7, 11) is 2.08. The van der Waals surface area contributed by atoms with Gasteiger partial charge in [-0.2, -0.15) is 4.39 Å². The van der Waals surface area contributed by atoms with Gasteiger partial charge in [-0.15, -0.1) is 11.3 Å². The van der Waals surface area contributed by atoms with Crippen molar-refractivity contribution in [2.75, 3.05) is 25.2 Å². The van der Waals surface area contributed by atoms with Gasteiger partial charge < -0.3 is 15.5 Å². The number of aliphatic imine (C=N–C) groups is 2. The maximum Gasteiger partial charge on any atom is 0.176 e. The number of allylic oxidation sites excluding steroid dienone is 3. The number of rotatable bonds is 7. The molecule has 2 aliphatic heterocycles. The number of nitrogens with zero attached hydrogens (tertiary/aromatic N) is 4. The van der Waals surface area contributed by atoms with Crippen molar-refractivity contribution in [3.8, 4) is 11.1 Å². The molecule has 0 radical (unpaired) electrons. The van der Waals surface area contributed by atoms with Crippen LogP contribution in [0, 0.1) is 12.1 Å². The first-order valence-electron chi connectivity index (χ1n) is 14.8. The Labute approximate surface area is 261 Å². The topological polar surface area (TPSA) is 64.9 Å². The molecular formula is C36H33FN6S. The van der Waals surface area contributed by atoms with Crippen molar-refractivity contribution >= 4 is 34.1 Å². The second kappa shape index (κ2) is 12.1. The maximum atomic E-state index is 13.9. The molecule has 0 spiro atoms. The van der Waals surface area contributed by atoms with Gasteiger partial charge in [0.05, 0.1) is 12.2 Å². The van der Waals surface area contributed by atoms with E-state index in [0.29, 0.717) is 13.2 Å². The van der Waals surface area contributed by atoms with Crippen LogP contribution >= 0.6 is 11.3 Å². The summed E-state index contributed by atoms with van der Waals surface area (Å²) in [5.41, 5.74) is 12.0. The average molecular weight is 601 g/mol. The van der Waals surface area contributed by atoms with Crippen LogP contribution in [0.3, 0.4) is 0 Å². The van der Waals surface area contributed by atoms with Crippen molar-refractivity contribution in [1.29, 1.82) is 0 Å². The van der Waals surface area contributed by atoms with Gasteiger partial charge in [0.25, 0.3) is 0 Å². The normalized spacial score (nSPS) is 16.0. The monoisotopic (exact) mass is 600 g/mol. The minimum atomic E-state index is -0.183. The molecule has 44 heavy (non-hydrogen) atoms. The Bertz CT molecular complexity index is 1880. The van der Waals surface area contributed by atoms with E-state index in [1.165, 1.54) is 28.5 Å². The van der Waals surface area contributed by atoms with Gasteiger partial charge in [-0.05, 0) is 65.1 Å². The molecule has 6 nitrogen and oxygen atoms in total. The molecule has 0 bridgehead atoms. The average Bonchev–Trinajstić information content (AvgIpc) is 3.36. The van der Waals surface area contributed by atoms with E-state index in [1.807, 2.05) is 30.6 Å². The van der Waals surface area contributed by atoms with Gasteiger partial charge in [-0.3, -0.25) is 15.0 Å². The van der Waals surface area contributed by atoms with Crippen LogP contribution in [0.2, 0.25) is 0 Å². The lowest BCUT2D eigenvalue weighted by molar-refractivity contribution is 0.657. The molecule has 1 aliphatic carbocycles. The highest BCUT2D eigenvalue weighted by Crippen LogP contribution is 2.36. The fourth-order valence-electron chi connectivity index (χ4n) is 6.07. The van der Waals surface area contributed by atoms with E-state index in [9.17, 15) is 4.39 Å². The molecular weight excluding hydrogens is 568 g/mol. The number of anilines is 1. The number of nitrogens with one attached hydrogen (secondary N) is 2. The number of benzene rings is 2. The minimum Gasteiger partial charge on any atom is -0.354 e. The highest BCUT2D eigenvalue weighted by atomic mass is 32.1. The van der Waals surface area contributed by atoms with E-state index < -0.39 is 0 Å². The Morgan fingerprint density at radius 3 is 2.68 bits per heavy atom. The van der Waals surface area contributed by atoms with Crippen molar-refractivity contribution < 1.29 is 4.39 Å². The van der Waals surface area contributed by atoms with E-state index in [1.54, 1.807) is 0 Å². The number of thiophene rings is 1. The maximum absolute atomic E-state index is 13.9. The first kappa shape index (κ1) is 28.1. The second-order valence-electron chi connectivity index (χ2n) is 11.3. The van der Waals surface area contributed by atoms with E-state index in [2.05, 4.69) is 89.1 Å². The third-order valence-corrected chi connectivity index (χ3v) is 9.05. The molecule has 0 unspecified atom stereocenters. The molecule has 2 aromatic heterocycles. The molecule has 0 fully saturated rings. The van der Waals surface area contributed by atoms with Crippen LogP contribution < -0.4 is 15.5 Å². The number of fused-ring (bicyclic) bond motifs is 1. The number of halogens is 1. The number of aryl methyl sites for hydroxylation is 1. The summed E-state index contributed by atoms with van der Waals surface area (Å²) in [6, 6.07) is 20.5. The highest BCUT2D eigenvalue weighted by Gasteiger charge is 2.28. The standard InChI is InChI=1S/C36H33FN6S/c1-23-14-26(27-15-25(19-39-20-27)18-38-17-24-8-4-3-5-9-24)16-29-34(41-22-43(2)35(23)29)36-40-21-30-28(32-12-13-33(37)44-32)10-6-7-11-31(30)42-36/h3-10,12-16,19-20,38H,11,17-18,21-22H2,1-2H3,(H,40,42). The molecule has 3 aliphatic rings. The van der Waals surface area contributed by atoms with Crippen LogP contribution in [-0.4, -0.2) is 36.8 Å². The molecule has 0 saturated carbocycles. The molecule has 7 rings (SSSR count). The molecule has 0 atom stereocenters. The van der Waals surface area contributed by atoms with Crippen molar-refractivity contribution in [3.63, 3.8) is 0 Å². The highest BCUT2D eigenvalue weighted by molar-refractivity contribution is 7.11. The quantitative estimate of drug-likeness (QED) is 0.239. The van der Waals surface area contributed by atoms with E-state index in [-0.39, 0.29) is 5.13 Å². The molecule has 8 heteroatoms. The number of pyridine rings is 1. The van der Waals surface area contributed by atoms with Crippen LogP contribution in [0.25, 0.3) is 16.7 Å². The van der Waals surface area contributed by atoms with Gasteiger partial charge in [-0.1, -0.05) is 48.6 Å². The molecule has 0 amide bonds. The Morgan fingerprint density at radius 2 is 1.84 bits per heavy atom. The van der Waals surface area contributed by atoms with Crippen LogP contribution in [-0.2, 0) is 13.1 Å². The molecule has 4 aromatic rings. The fraction of sp³-hybridized carbons (Fsp3) is 0.194. The first-order valence-corrected chi connectivity index (χ1v) is 15.6. The van der Waals surface area contributed by atoms with Gasteiger partial charge in [0, 0.05) is 66.2 Å². The molecule has 2 N–H and O–H groups in total. The van der Waals surface area contributed by atoms with Crippen molar-refractivity contribution in [3.05, 3.63) is 135 Å². The SMILES string of the molecule is Cc1cc(-c2cncc(CNCc3ccccc3)c2)cc2c1N(C)CN=C2C1=NCC2=C(CC=CC=C2c2ccc(F)s2)N1. The van der Waals surface area contributed by atoms with Crippen LogP contribution in [0.5, 0.6) is 0 Å². The minimum absolute atomic E-state index is 0.183. The number of amidine groups is 1. The van der Waals surface area contributed by atoms with Gasteiger partial charge in [0.2, 0.25) is 0 Å². The van der Waals surface area contributed by atoms with Crippen molar-refractivity contribution in [1.82, 2.24) is 15.6 Å². The third-order valence-electron chi connectivity index (χ3n) is 8.15.